The number of Topliss-reactive ketones (excluding diaryl/α,β-unsaturated/α-hetero) is 1. The predicted octanol–water partition coefficient (Wildman–Crippen LogP) is 11.0. The topological polar surface area (TPSA) is 54.0 Å². The first-order valence-electron chi connectivity index (χ1n) is 17.3. The maximum absolute atomic E-state index is 13.8. The minimum atomic E-state index is -0.290. The summed E-state index contributed by atoms with van der Waals surface area (Å²) in [7, 11) is 0. The van der Waals surface area contributed by atoms with Crippen molar-refractivity contribution in [2.24, 2.45) is 0 Å². The van der Waals surface area contributed by atoms with Crippen LogP contribution in [-0.2, 0) is 9.53 Å². The van der Waals surface area contributed by atoms with Gasteiger partial charge in [0.15, 0.2) is 23.0 Å². The highest BCUT2D eigenvalue weighted by atomic mass is 16.5. The standard InChI is InChI=1S/C40H52O5/c1-4-6-8-10-12-14-26-42-34-21-17-32(18-22-34)29-38-40(41)39(45-37-28-31(3)16-25-36(37)44-38)30-33-19-23-35(24-20-33)43-27-15-13-11-9-7-5-2/h16-17,19-21,23-25,28-30H,4-15,18,22,26-27H2,1-3H3/b38-29-,39-30-. The number of carbonyl (C=O) groups excluding carboxylic acids is 1. The second kappa shape index (κ2) is 18.9. The zero-order chi connectivity index (χ0) is 31.7. The molecule has 4 rings (SSSR count). The molecule has 0 aromatic heterocycles. The Morgan fingerprint density at radius 2 is 1.29 bits per heavy atom. The molecule has 2 aromatic rings. The molecule has 5 heteroatoms. The van der Waals surface area contributed by atoms with Crippen molar-refractivity contribution in [2.45, 2.75) is 111 Å². The third-order valence-corrected chi connectivity index (χ3v) is 8.18. The zero-order valence-corrected chi connectivity index (χ0v) is 27.7. The molecule has 5 nitrogen and oxygen atoms in total. The lowest BCUT2D eigenvalue weighted by Crippen LogP contribution is -2.13. The summed E-state index contributed by atoms with van der Waals surface area (Å²) in [6.07, 6.45) is 24.1. The van der Waals surface area contributed by atoms with E-state index >= 15 is 0 Å². The van der Waals surface area contributed by atoms with Crippen LogP contribution in [0, 0.1) is 6.92 Å². The van der Waals surface area contributed by atoms with E-state index in [1.165, 1.54) is 64.2 Å². The van der Waals surface area contributed by atoms with E-state index in [1.807, 2.05) is 67.6 Å². The van der Waals surface area contributed by atoms with E-state index < -0.39 is 0 Å². The molecule has 1 aliphatic carbocycles. The summed E-state index contributed by atoms with van der Waals surface area (Å²) >= 11 is 0. The van der Waals surface area contributed by atoms with Crippen LogP contribution in [0.1, 0.15) is 115 Å². The summed E-state index contributed by atoms with van der Waals surface area (Å²) in [6.45, 7) is 7.95. The van der Waals surface area contributed by atoms with Crippen LogP contribution in [0.2, 0.25) is 0 Å². The van der Waals surface area contributed by atoms with Crippen molar-refractivity contribution in [2.75, 3.05) is 13.2 Å². The summed E-state index contributed by atoms with van der Waals surface area (Å²) in [5, 5.41) is 0. The van der Waals surface area contributed by atoms with Crippen molar-refractivity contribution in [1.29, 1.82) is 0 Å². The van der Waals surface area contributed by atoms with Crippen molar-refractivity contribution in [3.8, 4) is 17.2 Å². The lowest BCUT2D eigenvalue weighted by atomic mass is 10.0. The number of ketones is 1. The second-order valence-electron chi connectivity index (χ2n) is 12.2. The Morgan fingerprint density at radius 1 is 0.667 bits per heavy atom. The van der Waals surface area contributed by atoms with E-state index in [0.717, 1.165) is 60.5 Å². The average Bonchev–Trinajstić information content (AvgIpc) is 3.17. The second-order valence-corrected chi connectivity index (χ2v) is 12.2. The number of unbranched alkanes of at least 4 members (excludes halogenated alkanes) is 10. The van der Waals surface area contributed by atoms with Gasteiger partial charge in [-0.05, 0) is 85.4 Å². The van der Waals surface area contributed by atoms with Crippen LogP contribution >= 0.6 is 0 Å². The predicted molar refractivity (Wildman–Crippen MR) is 184 cm³/mol. The van der Waals surface area contributed by atoms with E-state index in [4.69, 9.17) is 18.9 Å². The molecule has 0 N–H and O–H groups in total. The highest BCUT2D eigenvalue weighted by Gasteiger charge is 2.27. The Labute approximate surface area is 271 Å². The van der Waals surface area contributed by atoms with Gasteiger partial charge in [-0.2, -0.15) is 0 Å². The van der Waals surface area contributed by atoms with Gasteiger partial charge < -0.3 is 18.9 Å². The van der Waals surface area contributed by atoms with Gasteiger partial charge in [0, 0.05) is 6.42 Å². The molecule has 0 bridgehead atoms. The molecular formula is C40H52O5. The van der Waals surface area contributed by atoms with Crippen molar-refractivity contribution in [3.63, 3.8) is 0 Å². The third kappa shape index (κ3) is 11.6. The molecule has 0 saturated carbocycles. The number of allylic oxidation sites excluding steroid dienone is 5. The van der Waals surface area contributed by atoms with Crippen LogP contribution in [0.4, 0.5) is 0 Å². The minimum Gasteiger partial charge on any atom is -0.498 e. The van der Waals surface area contributed by atoms with Crippen LogP contribution in [-0.4, -0.2) is 19.0 Å². The fourth-order valence-electron chi connectivity index (χ4n) is 5.43. The molecule has 45 heavy (non-hydrogen) atoms. The maximum Gasteiger partial charge on any atom is 0.263 e. The summed E-state index contributed by atoms with van der Waals surface area (Å²) in [5.74, 6) is 3.07. The first-order chi connectivity index (χ1) is 22.1. The molecule has 2 aliphatic rings. The molecule has 0 saturated heterocycles. The van der Waals surface area contributed by atoms with Gasteiger partial charge in [-0.1, -0.05) is 102 Å². The van der Waals surface area contributed by atoms with Gasteiger partial charge in [0.2, 0.25) is 0 Å². The highest BCUT2D eigenvalue weighted by Crippen LogP contribution is 2.36. The number of ether oxygens (including phenoxy) is 4. The maximum atomic E-state index is 13.8. The Balaban J connectivity index is 1.41. The number of fused-ring (bicyclic) bond motifs is 1. The molecule has 242 valence electrons. The van der Waals surface area contributed by atoms with Crippen LogP contribution in [0.5, 0.6) is 17.2 Å². The number of carbonyl (C=O) groups is 1. The smallest absolute Gasteiger partial charge is 0.263 e. The van der Waals surface area contributed by atoms with E-state index in [0.29, 0.717) is 18.1 Å². The Morgan fingerprint density at radius 3 is 1.96 bits per heavy atom. The van der Waals surface area contributed by atoms with Gasteiger partial charge in [0.05, 0.1) is 19.0 Å². The average molecular weight is 613 g/mol. The molecule has 0 spiro atoms. The quantitative estimate of drug-likeness (QED) is 0.124. The Kier molecular flexibility index (Phi) is 14.4. The van der Waals surface area contributed by atoms with Crippen molar-refractivity contribution in [3.05, 3.63) is 94.7 Å². The van der Waals surface area contributed by atoms with Crippen molar-refractivity contribution < 1.29 is 23.7 Å². The molecular weight excluding hydrogens is 560 g/mol. The molecule has 2 aromatic carbocycles. The Bertz CT molecular complexity index is 1350. The normalized spacial score (nSPS) is 16.4. The number of aryl methyl sites for hydroxylation is 1. The minimum absolute atomic E-state index is 0.223. The van der Waals surface area contributed by atoms with E-state index in [1.54, 1.807) is 6.08 Å². The van der Waals surface area contributed by atoms with Gasteiger partial charge in [0.25, 0.3) is 5.78 Å². The summed E-state index contributed by atoms with van der Waals surface area (Å²) in [5.41, 5.74) is 2.90. The molecule has 0 fully saturated rings. The number of hydrogen-bond acceptors (Lipinski definition) is 5. The summed E-state index contributed by atoms with van der Waals surface area (Å²) < 4.78 is 24.3. The fraction of sp³-hybridized carbons (Fsp3) is 0.475. The first kappa shape index (κ1) is 34.1. The van der Waals surface area contributed by atoms with Gasteiger partial charge in [-0.15, -0.1) is 0 Å². The largest absolute Gasteiger partial charge is 0.498 e. The number of hydrogen-bond donors (Lipinski definition) is 0. The summed E-state index contributed by atoms with van der Waals surface area (Å²) in [4.78, 5) is 13.8. The zero-order valence-electron chi connectivity index (χ0n) is 27.7. The lowest BCUT2D eigenvalue weighted by molar-refractivity contribution is -0.115. The van der Waals surface area contributed by atoms with Crippen molar-refractivity contribution in [1.82, 2.24) is 0 Å². The van der Waals surface area contributed by atoms with E-state index in [-0.39, 0.29) is 17.3 Å². The molecule has 1 aliphatic heterocycles. The van der Waals surface area contributed by atoms with Gasteiger partial charge >= 0.3 is 0 Å². The van der Waals surface area contributed by atoms with Gasteiger partial charge in [0.1, 0.15) is 5.75 Å². The molecule has 1 heterocycles. The highest BCUT2D eigenvalue weighted by molar-refractivity contribution is 6.09. The van der Waals surface area contributed by atoms with E-state index in [9.17, 15) is 4.79 Å². The van der Waals surface area contributed by atoms with Gasteiger partial charge in [-0.3, -0.25) is 4.79 Å². The molecule has 0 atom stereocenters. The molecule has 0 radical (unpaired) electrons. The number of benzene rings is 2. The van der Waals surface area contributed by atoms with Gasteiger partial charge in [-0.25, -0.2) is 0 Å². The summed E-state index contributed by atoms with van der Waals surface area (Å²) in [6, 6.07) is 13.5. The Hall–Kier alpha value is -3.73. The van der Waals surface area contributed by atoms with Crippen LogP contribution in [0.3, 0.4) is 0 Å². The monoisotopic (exact) mass is 612 g/mol. The third-order valence-electron chi connectivity index (χ3n) is 8.18. The fourth-order valence-corrected chi connectivity index (χ4v) is 5.43. The van der Waals surface area contributed by atoms with E-state index in [2.05, 4.69) is 13.8 Å². The van der Waals surface area contributed by atoms with Crippen LogP contribution in [0.15, 0.2) is 83.5 Å². The van der Waals surface area contributed by atoms with Crippen LogP contribution in [0.25, 0.3) is 6.08 Å². The SMILES string of the molecule is CCCCCCCCOC1=CC=C(/C=C2\Oc3ccc(C)cc3O/C(=C\c3ccc(OCCCCCCCC)cc3)C2=O)CC1. The first-order valence-corrected chi connectivity index (χ1v) is 17.3. The lowest BCUT2D eigenvalue weighted by Gasteiger charge is -2.15. The molecule has 0 unspecified atom stereocenters. The van der Waals surface area contributed by atoms with Crippen molar-refractivity contribution >= 4 is 11.9 Å². The van der Waals surface area contributed by atoms with Crippen LogP contribution < -0.4 is 14.2 Å². The number of rotatable bonds is 18. The molecule has 0 amide bonds.